The van der Waals surface area contributed by atoms with Crippen molar-refractivity contribution in [2.45, 2.75) is 25.4 Å². The van der Waals surface area contributed by atoms with Gasteiger partial charge in [0, 0.05) is 56.0 Å². The van der Waals surface area contributed by atoms with Crippen LogP contribution in [-0.4, -0.2) is 62.9 Å². The molecule has 0 radical (unpaired) electrons. The van der Waals surface area contributed by atoms with Crippen LogP contribution in [-0.2, 0) is 6.54 Å². The van der Waals surface area contributed by atoms with Crippen LogP contribution >= 0.6 is 21.6 Å². The van der Waals surface area contributed by atoms with Crippen molar-refractivity contribution in [3.63, 3.8) is 0 Å². The zero-order valence-corrected chi connectivity index (χ0v) is 26.9. The molecule has 3 rings (SSSR count). The van der Waals surface area contributed by atoms with Gasteiger partial charge in [0.1, 0.15) is 0 Å². The molecule has 1 heterocycles. The van der Waals surface area contributed by atoms with Crippen LogP contribution < -0.4 is 9.47 Å². The number of likely N-dealkylation sites (N-methyl/N-ethyl adjacent to an activating group) is 1. The Morgan fingerprint density at radius 1 is 0.976 bits per heavy atom. The molecule has 0 spiro atoms. The number of nitrogens with zero attached hydrogens (tertiary/aromatic N) is 4. The SMILES string of the molecule is C=CC(/C=C/c1ccc(N(C)C)cc1)=C\C=N\CCSSCC[n+]1ccc(/C=C/C2=CCC(C)(N(C)C)C=C2)cc1. The molecule has 0 saturated heterocycles. The molecule has 6 heteroatoms. The first kappa shape index (κ1) is 32.5. The second-order valence-corrected chi connectivity index (χ2v) is 13.3. The molecule has 1 aromatic carbocycles. The van der Waals surface area contributed by atoms with E-state index in [1.807, 2.05) is 54.0 Å². The second-order valence-electron chi connectivity index (χ2n) is 10.6. The molecular formula is C35H45N4S2+. The van der Waals surface area contributed by atoms with Crippen LogP contribution in [0.15, 0.2) is 114 Å². The molecule has 1 aliphatic rings. The standard InChI is InChI=1S/C35H45N4S2/c1-7-30(8-9-31-12-14-34(15-13-31)37(3)4)18-23-36-24-28-40-41-29-27-39-25-19-33(20-26-39)11-10-32-16-21-35(2,22-17-32)38(5)6/h7-21,23,25-26H,1,22,24,27-29H2,2-6H3/q+1/b9-8+,11-10+,30-18+,36-23+. The fourth-order valence-corrected chi connectivity index (χ4v) is 5.80. The second kappa shape index (κ2) is 17.0. The number of allylic oxidation sites excluding steroid dienone is 7. The van der Waals surface area contributed by atoms with Crippen molar-refractivity contribution in [3.8, 4) is 0 Å². The predicted molar refractivity (Wildman–Crippen MR) is 186 cm³/mol. The van der Waals surface area contributed by atoms with Gasteiger partial charge in [-0.3, -0.25) is 4.99 Å². The third kappa shape index (κ3) is 11.4. The smallest absolute Gasteiger partial charge is 0.169 e. The van der Waals surface area contributed by atoms with Crippen LogP contribution in [0.1, 0.15) is 24.5 Å². The lowest BCUT2D eigenvalue weighted by atomic mass is 9.89. The van der Waals surface area contributed by atoms with Crippen LogP contribution in [0.4, 0.5) is 5.69 Å². The number of aliphatic imine (C=N–C) groups is 1. The van der Waals surface area contributed by atoms with Gasteiger partial charge in [0.2, 0.25) is 0 Å². The summed E-state index contributed by atoms with van der Waals surface area (Å²) in [5.74, 6) is 2.07. The van der Waals surface area contributed by atoms with Crippen molar-refractivity contribution in [1.29, 1.82) is 0 Å². The van der Waals surface area contributed by atoms with Crippen LogP contribution in [0.5, 0.6) is 0 Å². The summed E-state index contributed by atoms with van der Waals surface area (Å²) >= 11 is 0. The zero-order chi connectivity index (χ0) is 29.5. The highest BCUT2D eigenvalue weighted by atomic mass is 33.1. The van der Waals surface area contributed by atoms with Gasteiger partial charge in [0.15, 0.2) is 18.9 Å². The first-order valence-corrected chi connectivity index (χ1v) is 16.5. The maximum absolute atomic E-state index is 4.53. The average molecular weight is 586 g/mol. The molecule has 4 nitrogen and oxygen atoms in total. The monoisotopic (exact) mass is 585 g/mol. The summed E-state index contributed by atoms with van der Waals surface area (Å²) in [6, 6.07) is 12.8. The van der Waals surface area contributed by atoms with E-state index in [-0.39, 0.29) is 5.54 Å². The largest absolute Gasteiger partial charge is 0.378 e. The third-order valence-corrected chi connectivity index (χ3v) is 9.46. The predicted octanol–water partition coefficient (Wildman–Crippen LogP) is 7.54. The van der Waals surface area contributed by atoms with E-state index in [0.29, 0.717) is 0 Å². The van der Waals surface area contributed by atoms with E-state index in [0.717, 1.165) is 42.2 Å². The van der Waals surface area contributed by atoms with Crippen LogP contribution in [0.2, 0.25) is 0 Å². The highest BCUT2D eigenvalue weighted by molar-refractivity contribution is 8.76. The number of aryl methyl sites for hydroxylation is 1. The quantitative estimate of drug-likeness (QED) is 0.0708. The molecule has 0 fully saturated rings. The summed E-state index contributed by atoms with van der Waals surface area (Å²) in [5.41, 5.74) is 6.01. The maximum Gasteiger partial charge on any atom is 0.169 e. The highest BCUT2D eigenvalue weighted by Crippen LogP contribution is 2.25. The lowest BCUT2D eigenvalue weighted by molar-refractivity contribution is -0.692. The van der Waals surface area contributed by atoms with Crippen LogP contribution in [0, 0.1) is 0 Å². The Morgan fingerprint density at radius 3 is 2.32 bits per heavy atom. The number of hydrogen-bond donors (Lipinski definition) is 0. The molecule has 0 saturated carbocycles. The molecule has 1 unspecified atom stereocenters. The van der Waals surface area contributed by atoms with E-state index in [9.17, 15) is 0 Å². The third-order valence-electron chi connectivity index (χ3n) is 7.10. The number of benzene rings is 1. The number of hydrogen-bond acceptors (Lipinski definition) is 5. The summed E-state index contributed by atoms with van der Waals surface area (Å²) in [6.07, 6.45) is 26.5. The number of aromatic nitrogens is 1. The van der Waals surface area contributed by atoms with Gasteiger partial charge in [-0.15, -0.1) is 0 Å². The van der Waals surface area contributed by atoms with Crippen molar-refractivity contribution in [1.82, 2.24) is 4.90 Å². The van der Waals surface area contributed by atoms with Crippen molar-refractivity contribution in [2.24, 2.45) is 4.99 Å². The Morgan fingerprint density at radius 2 is 1.68 bits per heavy atom. The van der Waals surface area contributed by atoms with Gasteiger partial charge in [0.25, 0.3) is 0 Å². The molecule has 1 aromatic heterocycles. The Balaban J connectivity index is 1.30. The van der Waals surface area contributed by atoms with Gasteiger partial charge < -0.3 is 9.80 Å². The molecule has 1 aliphatic carbocycles. The van der Waals surface area contributed by atoms with E-state index >= 15 is 0 Å². The normalized spacial score (nSPS) is 17.7. The maximum atomic E-state index is 4.53. The summed E-state index contributed by atoms with van der Waals surface area (Å²) in [7, 11) is 12.2. The van der Waals surface area contributed by atoms with Gasteiger partial charge in [-0.05, 0) is 67.9 Å². The van der Waals surface area contributed by atoms with E-state index in [4.69, 9.17) is 0 Å². The minimum Gasteiger partial charge on any atom is -0.378 e. The summed E-state index contributed by atoms with van der Waals surface area (Å²) in [6.45, 7) is 8.00. The van der Waals surface area contributed by atoms with Gasteiger partial charge in [-0.2, -0.15) is 0 Å². The first-order valence-electron chi connectivity index (χ1n) is 14.1. The van der Waals surface area contributed by atoms with E-state index in [2.05, 4.69) is 138 Å². The zero-order valence-electron chi connectivity index (χ0n) is 25.2. The van der Waals surface area contributed by atoms with Crippen molar-refractivity contribution in [2.75, 3.05) is 51.1 Å². The molecule has 0 N–H and O–H groups in total. The summed E-state index contributed by atoms with van der Waals surface area (Å²) in [4.78, 5) is 8.90. The highest BCUT2D eigenvalue weighted by Gasteiger charge is 2.24. The van der Waals surface area contributed by atoms with Gasteiger partial charge >= 0.3 is 0 Å². The Labute approximate surface area is 256 Å². The number of pyridine rings is 1. The molecule has 41 heavy (non-hydrogen) atoms. The minimum absolute atomic E-state index is 0.115. The molecule has 0 aliphatic heterocycles. The molecule has 0 amide bonds. The molecule has 216 valence electrons. The Hall–Kier alpha value is -3.06. The molecule has 2 aromatic rings. The lowest BCUT2D eigenvalue weighted by Gasteiger charge is -2.34. The Kier molecular flexibility index (Phi) is 13.5. The minimum atomic E-state index is 0.115. The topological polar surface area (TPSA) is 22.7 Å². The number of anilines is 1. The summed E-state index contributed by atoms with van der Waals surface area (Å²) < 4.78 is 2.25. The van der Waals surface area contributed by atoms with Crippen LogP contribution in [0.3, 0.4) is 0 Å². The van der Waals surface area contributed by atoms with Gasteiger partial charge in [-0.1, -0.05) is 88.9 Å². The van der Waals surface area contributed by atoms with Crippen molar-refractivity contribution >= 4 is 45.6 Å². The van der Waals surface area contributed by atoms with Gasteiger partial charge in [-0.25, -0.2) is 4.57 Å². The number of rotatable bonds is 15. The average Bonchev–Trinajstić information content (AvgIpc) is 2.98. The van der Waals surface area contributed by atoms with Crippen molar-refractivity contribution in [3.05, 3.63) is 120 Å². The fraction of sp³-hybridized carbons (Fsp3) is 0.314. The van der Waals surface area contributed by atoms with Crippen LogP contribution in [0.25, 0.3) is 12.2 Å². The van der Waals surface area contributed by atoms with Gasteiger partial charge in [0.05, 0.1) is 5.75 Å². The van der Waals surface area contributed by atoms with E-state index in [1.165, 1.54) is 16.8 Å². The summed E-state index contributed by atoms with van der Waals surface area (Å²) in [5, 5.41) is 0. The van der Waals surface area contributed by atoms with E-state index < -0.39 is 0 Å². The fourth-order valence-electron chi connectivity index (χ4n) is 3.94. The molecular weight excluding hydrogens is 541 g/mol. The van der Waals surface area contributed by atoms with E-state index in [1.54, 1.807) is 0 Å². The lowest BCUT2D eigenvalue weighted by Crippen LogP contribution is -2.39. The molecule has 0 bridgehead atoms. The molecule has 1 atom stereocenters. The van der Waals surface area contributed by atoms with Crippen molar-refractivity contribution < 1.29 is 4.57 Å². The first-order chi connectivity index (χ1) is 19.8. The Bertz CT molecular complexity index is 1280.